The molecule has 1 aliphatic rings. The van der Waals surface area contributed by atoms with Crippen LogP contribution in [0.5, 0.6) is 5.75 Å². The van der Waals surface area contributed by atoms with E-state index in [2.05, 4.69) is 5.32 Å². The molecule has 1 aliphatic carbocycles. The number of amides is 1. The van der Waals surface area contributed by atoms with Crippen LogP contribution in [-0.2, 0) is 25.8 Å². The van der Waals surface area contributed by atoms with Gasteiger partial charge in [-0.25, -0.2) is 8.42 Å². The number of nitrogens with one attached hydrogen (secondary N) is 1. The number of carbonyl (C=O) groups is 2. The fourth-order valence-corrected chi connectivity index (χ4v) is 4.97. The molecule has 0 spiro atoms. The summed E-state index contributed by atoms with van der Waals surface area (Å²) in [5.74, 6) is -2.59. The zero-order chi connectivity index (χ0) is 19.2. The molecule has 2 rings (SSSR count). The first-order valence-corrected chi connectivity index (χ1v) is 10.4. The normalized spacial score (nSPS) is 16.2. The molecule has 1 saturated carbocycles. The molecule has 0 bridgehead atoms. The van der Waals surface area contributed by atoms with Crippen molar-refractivity contribution in [2.24, 2.45) is 5.92 Å². The van der Waals surface area contributed by atoms with Crippen molar-refractivity contribution in [3.63, 3.8) is 0 Å². The predicted molar refractivity (Wildman–Crippen MR) is 96.9 cm³/mol. The van der Waals surface area contributed by atoms with E-state index in [1.54, 1.807) is 24.3 Å². The Hall–Kier alpha value is -2.09. The minimum absolute atomic E-state index is 0.133. The molecule has 0 aliphatic heterocycles. The van der Waals surface area contributed by atoms with Gasteiger partial charge in [0.1, 0.15) is 11.5 Å². The monoisotopic (exact) mass is 383 g/mol. The van der Waals surface area contributed by atoms with Crippen molar-refractivity contribution in [2.75, 3.05) is 19.4 Å². The summed E-state index contributed by atoms with van der Waals surface area (Å²) in [6, 6.07) is 7.07. The number of para-hydroxylation sites is 1. The van der Waals surface area contributed by atoms with Gasteiger partial charge >= 0.3 is 5.97 Å². The van der Waals surface area contributed by atoms with Gasteiger partial charge in [-0.15, -0.1) is 0 Å². The molecule has 1 aromatic rings. The van der Waals surface area contributed by atoms with Gasteiger partial charge < -0.3 is 15.2 Å². The number of rotatable bonds is 9. The molecule has 8 heteroatoms. The van der Waals surface area contributed by atoms with E-state index in [-0.39, 0.29) is 13.0 Å². The number of ether oxygens (including phenoxy) is 1. The van der Waals surface area contributed by atoms with Crippen molar-refractivity contribution in [2.45, 2.75) is 37.4 Å². The van der Waals surface area contributed by atoms with Gasteiger partial charge in [-0.05, 0) is 30.9 Å². The van der Waals surface area contributed by atoms with E-state index >= 15 is 0 Å². The quantitative estimate of drug-likeness (QED) is 0.667. The SMILES string of the molecule is COc1ccccc1CC(CNC(=O)CS(=O)(=O)C1CCCC1)C(=O)O. The van der Waals surface area contributed by atoms with Gasteiger partial charge in [-0.1, -0.05) is 31.0 Å². The highest BCUT2D eigenvalue weighted by molar-refractivity contribution is 7.92. The highest BCUT2D eigenvalue weighted by atomic mass is 32.2. The van der Waals surface area contributed by atoms with Crippen LogP contribution < -0.4 is 10.1 Å². The second-order valence-electron chi connectivity index (χ2n) is 6.57. The summed E-state index contributed by atoms with van der Waals surface area (Å²) in [6.45, 7) is -0.133. The minimum atomic E-state index is -3.48. The summed E-state index contributed by atoms with van der Waals surface area (Å²) >= 11 is 0. The smallest absolute Gasteiger partial charge is 0.308 e. The van der Waals surface area contributed by atoms with E-state index in [1.807, 2.05) is 0 Å². The Bertz CT molecular complexity index is 740. The van der Waals surface area contributed by atoms with Gasteiger partial charge in [0, 0.05) is 6.54 Å². The number of carboxylic acids is 1. The maximum Gasteiger partial charge on any atom is 0.308 e. The minimum Gasteiger partial charge on any atom is -0.496 e. The fourth-order valence-electron chi connectivity index (χ4n) is 3.22. The van der Waals surface area contributed by atoms with Crippen LogP contribution in [0.25, 0.3) is 0 Å². The fraction of sp³-hybridized carbons (Fsp3) is 0.556. The maximum atomic E-state index is 12.2. The third-order valence-corrected chi connectivity index (χ3v) is 6.85. The van der Waals surface area contributed by atoms with Gasteiger partial charge in [-0.2, -0.15) is 0 Å². The molecule has 1 fully saturated rings. The van der Waals surface area contributed by atoms with Gasteiger partial charge in [-0.3, -0.25) is 9.59 Å². The molecule has 0 heterocycles. The van der Waals surface area contributed by atoms with Gasteiger partial charge in [0.15, 0.2) is 9.84 Å². The Morgan fingerprint density at radius 1 is 1.27 bits per heavy atom. The molecule has 26 heavy (non-hydrogen) atoms. The second-order valence-corrected chi connectivity index (χ2v) is 8.85. The summed E-state index contributed by atoms with van der Waals surface area (Å²) in [5.41, 5.74) is 0.718. The van der Waals surface area contributed by atoms with Gasteiger partial charge in [0.2, 0.25) is 5.91 Å². The molecule has 1 amide bonds. The van der Waals surface area contributed by atoms with Crippen LogP contribution in [0.15, 0.2) is 24.3 Å². The van der Waals surface area contributed by atoms with Crippen molar-refractivity contribution < 1.29 is 27.9 Å². The zero-order valence-electron chi connectivity index (χ0n) is 14.8. The summed E-state index contributed by atoms with van der Waals surface area (Å²) < 4.78 is 29.6. The zero-order valence-corrected chi connectivity index (χ0v) is 15.6. The summed E-state index contributed by atoms with van der Waals surface area (Å²) in [7, 11) is -1.97. The predicted octanol–water partition coefficient (Wildman–Crippen LogP) is 1.41. The summed E-state index contributed by atoms with van der Waals surface area (Å²) in [5, 5.41) is 11.4. The third-order valence-electron chi connectivity index (χ3n) is 4.70. The average Bonchev–Trinajstić information content (AvgIpc) is 3.13. The van der Waals surface area contributed by atoms with Gasteiger partial charge in [0.05, 0.1) is 18.3 Å². The Kier molecular flexibility index (Phi) is 7.02. The lowest BCUT2D eigenvalue weighted by Crippen LogP contribution is -2.38. The number of benzene rings is 1. The van der Waals surface area contributed by atoms with Gasteiger partial charge in [0.25, 0.3) is 0 Å². The molecule has 1 aromatic carbocycles. The van der Waals surface area contributed by atoms with E-state index in [9.17, 15) is 23.1 Å². The van der Waals surface area contributed by atoms with Crippen LogP contribution in [0.1, 0.15) is 31.2 Å². The first kappa shape index (κ1) is 20.2. The van der Waals surface area contributed by atoms with Crippen LogP contribution in [0.3, 0.4) is 0 Å². The van der Waals surface area contributed by atoms with E-state index < -0.39 is 38.6 Å². The molecule has 7 nitrogen and oxygen atoms in total. The standard InChI is InChI=1S/C18H25NO6S/c1-25-16-9-5-2-6-13(16)10-14(18(21)22)11-19-17(20)12-26(23,24)15-7-3-4-8-15/h2,5-6,9,14-15H,3-4,7-8,10-12H2,1H3,(H,19,20)(H,21,22). The Morgan fingerprint density at radius 2 is 1.92 bits per heavy atom. The molecule has 2 N–H and O–H groups in total. The first-order valence-electron chi connectivity index (χ1n) is 8.66. The molecule has 1 unspecified atom stereocenters. The molecule has 0 radical (unpaired) electrons. The van der Waals surface area contributed by atoms with Crippen molar-refractivity contribution in [3.8, 4) is 5.75 Å². The summed E-state index contributed by atoms with van der Waals surface area (Å²) in [6.07, 6.45) is 3.11. The van der Waals surface area contributed by atoms with Crippen molar-refractivity contribution in [3.05, 3.63) is 29.8 Å². The van der Waals surface area contributed by atoms with Crippen molar-refractivity contribution in [1.29, 1.82) is 0 Å². The number of aliphatic carboxylic acids is 1. The van der Waals surface area contributed by atoms with Crippen molar-refractivity contribution in [1.82, 2.24) is 5.32 Å². The first-order chi connectivity index (χ1) is 12.3. The Labute approximate surface area is 153 Å². The number of sulfone groups is 1. The third kappa shape index (κ3) is 5.45. The van der Waals surface area contributed by atoms with Crippen LogP contribution >= 0.6 is 0 Å². The molecule has 1 atom stereocenters. The summed E-state index contributed by atoms with van der Waals surface area (Å²) in [4.78, 5) is 23.5. The van der Waals surface area contributed by atoms with Crippen LogP contribution in [0.2, 0.25) is 0 Å². The molecule has 0 saturated heterocycles. The molecular formula is C18H25NO6S. The largest absolute Gasteiger partial charge is 0.496 e. The average molecular weight is 383 g/mol. The van der Waals surface area contributed by atoms with Crippen molar-refractivity contribution >= 4 is 21.7 Å². The number of hydrogen-bond donors (Lipinski definition) is 2. The lowest BCUT2D eigenvalue weighted by molar-refractivity contribution is -0.141. The highest BCUT2D eigenvalue weighted by Crippen LogP contribution is 2.25. The van der Waals surface area contributed by atoms with E-state index in [4.69, 9.17) is 4.74 Å². The number of hydrogen-bond acceptors (Lipinski definition) is 5. The van der Waals surface area contributed by atoms with Crippen LogP contribution in [0, 0.1) is 5.92 Å². The van der Waals surface area contributed by atoms with Crippen LogP contribution in [-0.4, -0.2) is 50.1 Å². The van der Waals surface area contributed by atoms with E-state index in [0.29, 0.717) is 18.6 Å². The topological polar surface area (TPSA) is 110 Å². The Balaban J connectivity index is 1.93. The van der Waals surface area contributed by atoms with E-state index in [0.717, 1.165) is 18.4 Å². The molecule has 144 valence electrons. The number of carbonyl (C=O) groups excluding carboxylic acids is 1. The molecule has 0 aromatic heterocycles. The Morgan fingerprint density at radius 3 is 2.54 bits per heavy atom. The maximum absolute atomic E-state index is 12.2. The highest BCUT2D eigenvalue weighted by Gasteiger charge is 2.31. The van der Waals surface area contributed by atoms with Crippen LogP contribution in [0.4, 0.5) is 0 Å². The lowest BCUT2D eigenvalue weighted by Gasteiger charge is -2.16. The second kappa shape index (κ2) is 9.02. The van der Waals surface area contributed by atoms with E-state index in [1.165, 1.54) is 7.11 Å². The lowest BCUT2D eigenvalue weighted by atomic mass is 9.98. The number of methoxy groups -OCH3 is 1. The molecular weight excluding hydrogens is 358 g/mol. The number of carboxylic acid groups (broad SMARTS) is 1.